The standard InChI is InChI=1S/C17H27FN2O2/c1-13(2)20-8-7-19(12-15(20)6-9-21)11-14-4-5-16(22-3)10-17(14)18/h4-5,10,13,15,21H,6-9,11-12H2,1-3H3. The van der Waals surface area contributed by atoms with Gasteiger partial charge in [0, 0.05) is 56.5 Å². The average Bonchev–Trinajstić information content (AvgIpc) is 2.49. The van der Waals surface area contributed by atoms with Gasteiger partial charge < -0.3 is 9.84 Å². The lowest BCUT2D eigenvalue weighted by atomic mass is 10.1. The Hall–Kier alpha value is -1.17. The first-order valence-corrected chi connectivity index (χ1v) is 7.96. The summed E-state index contributed by atoms with van der Waals surface area (Å²) in [6.45, 7) is 7.91. The number of nitrogens with zero attached hydrogens (tertiary/aromatic N) is 2. The van der Waals surface area contributed by atoms with Crippen LogP contribution >= 0.6 is 0 Å². The number of hydrogen-bond donors (Lipinski definition) is 1. The summed E-state index contributed by atoms with van der Waals surface area (Å²) in [4.78, 5) is 4.70. The summed E-state index contributed by atoms with van der Waals surface area (Å²) in [5, 5.41) is 9.28. The minimum absolute atomic E-state index is 0.193. The van der Waals surface area contributed by atoms with Crippen molar-refractivity contribution in [2.24, 2.45) is 0 Å². The predicted molar refractivity (Wildman–Crippen MR) is 85.6 cm³/mol. The van der Waals surface area contributed by atoms with Gasteiger partial charge in [-0.1, -0.05) is 6.07 Å². The Labute approximate surface area is 132 Å². The minimum Gasteiger partial charge on any atom is -0.497 e. The first kappa shape index (κ1) is 17.2. The van der Waals surface area contributed by atoms with E-state index in [9.17, 15) is 9.50 Å². The molecule has 5 heteroatoms. The van der Waals surface area contributed by atoms with Crippen LogP contribution in [0.25, 0.3) is 0 Å². The topological polar surface area (TPSA) is 35.9 Å². The molecule has 1 saturated heterocycles. The molecule has 124 valence electrons. The quantitative estimate of drug-likeness (QED) is 0.873. The maximum absolute atomic E-state index is 14.1. The highest BCUT2D eigenvalue weighted by molar-refractivity contribution is 5.28. The van der Waals surface area contributed by atoms with E-state index in [2.05, 4.69) is 23.6 Å². The van der Waals surface area contributed by atoms with Crippen molar-refractivity contribution in [3.05, 3.63) is 29.6 Å². The number of halogens is 1. The van der Waals surface area contributed by atoms with Crippen LogP contribution in [0.4, 0.5) is 4.39 Å². The van der Waals surface area contributed by atoms with E-state index < -0.39 is 0 Å². The number of piperazine rings is 1. The third kappa shape index (κ3) is 4.18. The van der Waals surface area contributed by atoms with Crippen LogP contribution in [-0.4, -0.2) is 60.3 Å². The van der Waals surface area contributed by atoms with Crippen LogP contribution in [0.1, 0.15) is 25.8 Å². The molecule has 0 saturated carbocycles. The zero-order valence-corrected chi connectivity index (χ0v) is 13.8. The monoisotopic (exact) mass is 310 g/mol. The average molecular weight is 310 g/mol. The number of rotatable bonds is 6. The highest BCUT2D eigenvalue weighted by Gasteiger charge is 2.28. The Morgan fingerprint density at radius 3 is 2.73 bits per heavy atom. The number of aliphatic hydroxyl groups is 1. The van der Waals surface area contributed by atoms with Gasteiger partial charge >= 0.3 is 0 Å². The van der Waals surface area contributed by atoms with Gasteiger partial charge in [-0.3, -0.25) is 9.80 Å². The fourth-order valence-corrected chi connectivity index (χ4v) is 3.19. The lowest BCUT2D eigenvalue weighted by Crippen LogP contribution is -2.55. The molecule has 1 unspecified atom stereocenters. The fourth-order valence-electron chi connectivity index (χ4n) is 3.19. The van der Waals surface area contributed by atoms with Crippen molar-refractivity contribution < 1.29 is 14.2 Å². The molecule has 22 heavy (non-hydrogen) atoms. The maximum atomic E-state index is 14.1. The molecule has 1 atom stereocenters. The largest absolute Gasteiger partial charge is 0.497 e. The van der Waals surface area contributed by atoms with Crippen molar-refractivity contribution in [3.63, 3.8) is 0 Å². The smallest absolute Gasteiger partial charge is 0.131 e. The van der Waals surface area contributed by atoms with Crippen molar-refractivity contribution in [2.75, 3.05) is 33.4 Å². The molecule has 0 radical (unpaired) electrons. The van der Waals surface area contributed by atoms with E-state index in [-0.39, 0.29) is 12.4 Å². The van der Waals surface area contributed by atoms with Crippen LogP contribution in [0.3, 0.4) is 0 Å². The third-order valence-corrected chi connectivity index (χ3v) is 4.39. The van der Waals surface area contributed by atoms with Gasteiger partial charge in [-0.2, -0.15) is 0 Å². The molecule has 1 N–H and O–H groups in total. The molecule has 0 spiro atoms. The van der Waals surface area contributed by atoms with Crippen molar-refractivity contribution in [1.82, 2.24) is 9.80 Å². The summed E-state index contributed by atoms with van der Waals surface area (Å²) in [6, 6.07) is 5.83. The minimum atomic E-state index is -0.218. The molecular formula is C17H27FN2O2. The molecule has 4 nitrogen and oxygen atoms in total. The normalized spacial score (nSPS) is 20.5. The molecule has 2 rings (SSSR count). The van der Waals surface area contributed by atoms with Crippen molar-refractivity contribution in [2.45, 2.75) is 38.9 Å². The highest BCUT2D eigenvalue weighted by Crippen LogP contribution is 2.21. The van der Waals surface area contributed by atoms with E-state index in [1.54, 1.807) is 19.2 Å². The van der Waals surface area contributed by atoms with Gasteiger partial charge in [0.2, 0.25) is 0 Å². The Bertz CT molecular complexity index is 482. The Kier molecular flexibility index (Phi) is 6.17. The number of methoxy groups -OCH3 is 1. The summed E-state index contributed by atoms with van der Waals surface area (Å²) in [7, 11) is 1.54. The van der Waals surface area contributed by atoms with E-state index in [4.69, 9.17) is 4.74 Å². The molecule has 0 bridgehead atoms. The second kappa shape index (κ2) is 7.90. The zero-order valence-electron chi connectivity index (χ0n) is 13.8. The van der Waals surface area contributed by atoms with Crippen LogP contribution < -0.4 is 4.74 Å². The van der Waals surface area contributed by atoms with Gasteiger partial charge in [-0.05, 0) is 26.3 Å². The van der Waals surface area contributed by atoms with Crippen LogP contribution in [0.5, 0.6) is 5.75 Å². The second-order valence-electron chi connectivity index (χ2n) is 6.19. The van der Waals surface area contributed by atoms with E-state index in [0.29, 0.717) is 29.9 Å². The Balaban J connectivity index is 2.02. The van der Waals surface area contributed by atoms with E-state index in [1.807, 2.05) is 0 Å². The molecule has 1 aliphatic heterocycles. The van der Waals surface area contributed by atoms with Crippen LogP contribution in [0, 0.1) is 5.82 Å². The lowest BCUT2D eigenvalue weighted by molar-refractivity contribution is 0.0345. The SMILES string of the molecule is COc1ccc(CN2CCN(C(C)C)C(CCO)C2)c(F)c1. The van der Waals surface area contributed by atoms with E-state index in [1.165, 1.54) is 6.07 Å². The molecular weight excluding hydrogens is 283 g/mol. The van der Waals surface area contributed by atoms with E-state index >= 15 is 0 Å². The van der Waals surface area contributed by atoms with Crippen LogP contribution in [0.2, 0.25) is 0 Å². The third-order valence-electron chi connectivity index (χ3n) is 4.39. The molecule has 0 amide bonds. The summed E-state index contributed by atoms with van der Waals surface area (Å²) in [5.74, 6) is 0.327. The molecule has 1 aromatic rings. The summed E-state index contributed by atoms with van der Waals surface area (Å²) >= 11 is 0. The molecule has 0 aliphatic carbocycles. The number of ether oxygens (including phenoxy) is 1. The highest BCUT2D eigenvalue weighted by atomic mass is 19.1. The molecule has 1 heterocycles. The maximum Gasteiger partial charge on any atom is 0.131 e. The Morgan fingerprint density at radius 2 is 2.14 bits per heavy atom. The summed E-state index contributed by atoms with van der Waals surface area (Å²) in [5.41, 5.74) is 0.696. The van der Waals surface area contributed by atoms with Crippen molar-refractivity contribution in [1.29, 1.82) is 0 Å². The van der Waals surface area contributed by atoms with Gasteiger partial charge in [-0.15, -0.1) is 0 Å². The predicted octanol–water partition coefficient (Wildman–Crippen LogP) is 2.11. The van der Waals surface area contributed by atoms with Crippen molar-refractivity contribution >= 4 is 0 Å². The summed E-state index contributed by atoms with van der Waals surface area (Å²) in [6.07, 6.45) is 0.764. The number of hydrogen-bond acceptors (Lipinski definition) is 4. The molecule has 0 aromatic heterocycles. The second-order valence-corrected chi connectivity index (χ2v) is 6.19. The first-order valence-electron chi connectivity index (χ1n) is 7.96. The fraction of sp³-hybridized carbons (Fsp3) is 0.647. The lowest BCUT2D eigenvalue weighted by Gasteiger charge is -2.43. The molecule has 1 fully saturated rings. The zero-order chi connectivity index (χ0) is 16.1. The van der Waals surface area contributed by atoms with Crippen molar-refractivity contribution in [3.8, 4) is 5.75 Å². The van der Waals surface area contributed by atoms with Gasteiger partial charge in [0.05, 0.1) is 7.11 Å². The Morgan fingerprint density at radius 1 is 1.36 bits per heavy atom. The van der Waals surface area contributed by atoms with Gasteiger partial charge in [-0.25, -0.2) is 4.39 Å². The van der Waals surface area contributed by atoms with Gasteiger partial charge in [0.25, 0.3) is 0 Å². The van der Waals surface area contributed by atoms with Crippen LogP contribution in [0.15, 0.2) is 18.2 Å². The van der Waals surface area contributed by atoms with Crippen LogP contribution in [-0.2, 0) is 6.54 Å². The summed E-state index contributed by atoms with van der Waals surface area (Å²) < 4.78 is 19.1. The van der Waals surface area contributed by atoms with E-state index in [0.717, 1.165) is 26.1 Å². The number of benzene rings is 1. The first-order chi connectivity index (χ1) is 10.5. The van der Waals surface area contributed by atoms with Gasteiger partial charge in [0.15, 0.2) is 0 Å². The molecule has 1 aliphatic rings. The van der Waals surface area contributed by atoms with Gasteiger partial charge in [0.1, 0.15) is 11.6 Å². The number of aliphatic hydroxyl groups excluding tert-OH is 1. The molecule has 1 aromatic carbocycles.